The number of esters is 1. The fraction of sp³-hybridized carbons (Fsp3) is 0.222. The zero-order chi connectivity index (χ0) is 12.5. The maximum absolute atomic E-state index is 11.9. The Kier molecular flexibility index (Phi) is 3.07. The fourth-order valence-corrected chi connectivity index (χ4v) is 3.25. The minimum atomic E-state index is -3.74. The molecule has 2 rings (SSSR count). The van der Waals surface area contributed by atoms with E-state index in [9.17, 15) is 13.2 Å². The quantitative estimate of drug-likeness (QED) is 0.762. The zero-order valence-corrected chi connectivity index (χ0v) is 10.4. The zero-order valence-electron chi connectivity index (χ0n) is 8.78. The Hall–Kier alpha value is -1.54. The molecule has 0 aliphatic heterocycles. The van der Waals surface area contributed by atoms with Crippen LogP contribution in [0.5, 0.6) is 0 Å². The van der Waals surface area contributed by atoms with Gasteiger partial charge in [0.05, 0.1) is 23.7 Å². The molecule has 8 heteroatoms. The molecule has 1 heterocycles. The van der Waals surface area contributed by atoms with E-state index in [1.165, 1.54) is 6.07 Å². The molecule has 90 valence electrons. The average molecular weight is 272 g/mol. The maximum Gasteiger partial charge on any atom is 0.321 e. The summed E-state index contributed by atoms with van der Waals surface area (Å²) in [6.45, 7) is 0. The van der Waals surface area contributed by atoms with Gasteiger partial charge in [0.25, 0.3) is 0 Å². The molecule has 0 aliphatic carbocycles. The van der Waals surface area contributed by atoms with Crippen molar-refractivity contribution in [2.24, 2.45) is 0 Å². The van der Waals surface area contributed by atoms with Crippen molar-refractivity contribution >= 4 is 38.6 Å². The first-order valence-corrected chi connectivity index (χ1v) is 6.94. The lowest BCUT2D eigenvalue weighted by molar-refractivity contribution is -0.137. The lowest BCUT2D eigenvalue weighted by Crippen LogP contribution is -2.17. The summed E-state index contributed by atoms with van der Waals surface area (Å²) in [5.41, 5.74) is 0.794. The van der Waals surface area contributed by atoms with E-state index >= 15 is 0 Å². The molecule has 0 saturated heterocycles. The van der Waals surface area contributed by atoms with E-state index in [4.69, 9.17) is 0 Å². The van der Waals surface area contributed by atoms with Gasteiger partial charge in [-0.25, -0.2) is 8.42 Å². The van der Waals surface area contributed by atoms with Gasteiger partial charge < -0.3 is 4.74 Å². The van der Waals surface area contributed by atoms with Gasteiger partial charge in [-0.15, -0.1) is 0 Å². The average Bonchev–Trinajstić information content (AvgIpc) is 2.75. The van der Waals surface area contributed by atoms with Crippen LogP contribution in [0.3, 0.4) is 0 Å². The van der Waals surface area contributed by atoms with E-state index in [0.29, 0.717) is 11.0 Å². The molecule has 1 aromatic carbocycles. The van der Waals surface area contributed by atoms with Gasteiger partial charge in [0.2, 0.25) is 0 Å². The second-order valence-corrected chi connectivity index (χ2v) is 5.71. The van der Waals surface area contributed by atoms with Crippen molar-refractivity contribution in [2.75, 3.05) is 12.9 Å². The first-order valence-electron chi connectivity index (χ1n) is 4.55. The predicted molar refractivity (Wildman–Crippen MR) is 61.5 cm³/mol. The second kappa shape index (κ2) is 4.38. The molecule has 0 radical (unpaired) electrons. The topological polar surface area (TPSA) is 86.2 Å². The Bertz CT molecular complexity index is 662. The van der Waals surface area contributed by atoms with Crippen molar-refractivity contribution in [1.82, 2.24) is 8.75 Å². The van der Waals surface area contributed by atoms with Crippen LogP contribution in [0.4, 0.5) is 0 Å². The van der Waals surface area contributed by atoms with E-state index in [1.54, 1.807) is 12.1 Å². The van der Waals surface area contributed by atoms with E-state index in [0.717, 1.165) is 18.8 Å². The van der Waals surface area contributed by atoms with Crippen LogP contribution < -0.4 is 0 Å². The molecule has 0 spiro atoms. The number of hydrogen-bond donors (Lipinski definition) is 0. The minimum absolute atomic E-state index is 0.00847. The van der Waals surface area contributed by atoms with Gasteiger partial charge in [-0.1, -0.05) is 6.07 Å². The number of aromatic nitrogens is 2. The fourth-order valence-electron chi connectivity index (χ4n) is 1.32. The Balaban J connectivity index is 2.52. The molecule has 0 amide bonds. The molecular weight excluding hydrogens is 264 g/mol. The molecule has 0 N–H and O–H groups in total. The molecule has 0 aliphatic rings. The van der Waals surface area contributed by atoms with Crippen molar-refractivity contribution in [1.29, 1.82) is 0 Å². The number of ether oxygens (including phenoxy) is 1. The van der Waals surface area contributed by atoms with Crippen molar-refractivity contribution in [2.45, 2.75) is 4.90 Å². The van der Waals surface area contributed by atoms with Crippen LogP contribution in [-0.2, 0) is 19.4 Å². The normalized spacial score (nSPS) is 11.6. The van der Waals surface area contributed by atoms with Gasteiger partial charge >= 0.3 is 5.97 Å². The summed E-state index contributed by atoms with van der Waals surface area (Å²) < 4.78 is 36.1. The number of carbonyl (C=O) groups excluding carboxylic acids is 1. The van der Waals surface area contributed by atoms with Crippen molar-refractivity contribution < 1.29 is 17.9 Å². The van der Waals surface area contributed by atoms with Gasteiger partial charge in [0.15, 0.2) is 15.6 Å². The van der Waals surface area contributed by atoms with Crippen LogP contribution in [0.2, 0.25) is 0 Å². The van der Waals surface area contributed by atoms with Gasteiger partial charge in [0.1, 0.15) is 11.0 Å². The Morgan fingerprint density at radius 3 is 2.88 bits per heavy atom. The first-order chi connectivity index (χ1) is 8.04. The highest BCUT2D eigenvalue weighted by Crippen LogP contribution is 2.22. The van der Waals surface area contributed by atoms with E-state index in [-0.39, 0.29) is 4.90 Å². The highest BCUT2D eigenvalue weighted by molar-refractivity contribution is 7.92. The van der Waals surface area contributed by atoms with Gasteiger partial charge in [0, 0.05) is 0 Å². The summed E-state index contributed by atoms with van der Waals surface area (Å²) in [5, 5.41) is 0. The number of carbonyl (C=O) groups is 1. The third kappa shape index (κ3) is 2.27. The molecule has 0 fully saturated rings. The third-order valence-electron chi connectivity index (χ3n) is 2.12. The SMILES string of the molecule is COC(=O)CS(=O)(=O)c1cccc2nsnc12. The van der Waals surface area contributed by atoms with E-state index in [2.05, 4.69) is 13.5 Å². The van der Waals surface area contributed by atoms with Gasteiger partial charge in [-0.05, 0) is 12.1 Å². The van der Waals surface area contributed by atoms with Crippen molar-refractivity contribution in [3.63, 3.8) is 0 Å². The molecule has 1 aromatic heterocycles. The summed E-state index contributed by atoms with van der Waals surface area (Å²) in [6, 6.07) is 4.63. The highest BCUT2D eigenvalue weighted by atomic mass is 32.2. The number of rotatable bonds is 3. The molecule has 6 nitrogen and oxygen atoms in total. The summed E-state index contributed by atoms with van der Waals surface area (Å²) in [4.78, 5) is 11.0. The van der Waals surface area contributed by atoms with E-state index < -0.39 is 21.6 Å². The molecular formula is C9H8N2O4S2. The molecule has 0 unspecified atom stereocenters. The molecule has 17 heavy (non-hydrogen) atoms. The summed E-state index contributed by atoms with van der Waals surface area (Å²) in [7, 11) is -2.60. The summed E-state index contributed by atoms with van der Waals surface area (Å²) in [5.74, 6) is -1.50. The summed E-state index contributed by atoms with van der Waals surface area (Å²) in [6.07, 6.45) is 0. The standard InChI is InChI=1S/C9H8N2O4S2/c1-15-8(12)5-17(13,14)7-4-2-3-6-9(7)11-16-10-6/h2-4H,5H2,1H3. The summed E-state index contributed by atoms with van der Waals surface area (Å²) >= 11 is 0.927. The lowest BCUT2D eigenvalue weighted by Gasteiger charge is -2.03. The molecule has 2 aromatic rings. The smallest absolute Gasteiger partial charge is 0.321 e. The van der Waals surface area contributed by atoms with Crippen molar-refractivity contribution in [3.05, 3.63) is 18.2 Å². The van der Waals surface area contributed by atoms with Gasteiger partial charge in [-0.3, -0.25) is 4.79 Å². The highest BCUT2D eigenvalue weighted by Gasteiger charge is 2.23. The number of hydrogen-bond acceptors (Lipinski definition) is 7. The van der Waals surface area contributed by atoms with Crippen molar-refractivity contribution in [3.8, 4) is 0 Å². The Morgan fingerprint density at radius 2 is 2.18 bits per heavy atom. The lowest BCUT2D eigenvalue weighted by atomic mass is 10.3. The van der Waals surface area contributed by atoms with Crippen LogP contribution in [-0.4, -0.2) is 36.0 Å². The number of benzene rings is 1. The molecule has 0 bridgehead atoms. The van der Waals surface area contributed by atoms with Crippen LogP contribution in [0, 0.1) is 0 Å². The number of sulfone groups is 1. The first kappa shape index (κ1) is 11.9. The monoisotopic (exact) mass is 272 g/mol. The van der Waals surface area contributed by atoms with Crippen LogP contribution in [0.25, 0.3) is 11.0 Å². The Morgan fingerprint density at radius 1 is 1.41 bits per heavy atom. The Labute approximate surface area is 101 Å². The third-order valence-corrected chi connectivity index (χ3v) is 4.28. The minimum Gasteiger partial charge on any atom is -0.468 e. The number of fused-ring (bicyclic) bond motifs is 1. The van der Waals surface area contributed by atoms with Crippen LogP contribution in [0.15, 0.2) is 23.1 Å². The number of methoxy groups -OCH3 is 1. The number of nitrogens with zero attached hydrogens (tertiary/aromatic N) is 2. The molecule has 0 saturated carbocycles. The van der Waals surface area contributed by atoms with E-state index in [1.807, 2.05) is 0 Å². The predicted octanol–water partition coefficient (Wildman–Crippen LogP) is 0.638. The molecule has 0 atom stereocenters. The van der Waals surface area contributed by atoms with Crippen LogP contribution >= 0.6 is 11.7 Å². The van der Waals surface area contributed by atoms with Crippen LogP contribution in [0.1, 0.15) is 0 Å². The second-order valence-electron chi connectivity index (χ2n) is 3.22. The van der Waals surface area contributed by atoms with Gasteiger partial charge in [-0.2, -0.15) is 8.75 Å². The largest absolute Gasteiger partial charge is 0.468 e. The maximum atomic E-state index is 11.9.